The molecule has 0 radical (unpaired) electrons. The van der Waals surface area contributed by atoms with Gasteiger partial charge >= 0.3 is 0 Å². The maximum absolute atomic E-state index is 13.0. The molecule has 2 aliphatic heterocycles. The molecule has 2 saturated heterocycles. The van der Waals surface area contributed by atoms with Crippen LogP contribution in [0.15, 0.2) is 29.2 Å². The molecular formula is C15H21FN2O2S. The molecule has 1 atom stereocenters. The Balaban J connectivity index is 1.78. The third-order valence-electron chi connectivity index (χ3n) is 4.41. The van der Waals surface area contributed by atoms with Crippen LogP contribution in [0.4, 0.5) is 4.39 Å². The van der Waals surface area contributed by atoms with E-state index in [9.17, 15) is 12.8 Å². The molecule has 6 heteroatoms. The van der Waals surface area contributed by atoms with Gasteiger partial charge in [-0.1, -0.05) is 0 Å². The van der Waals surface area contributed by atoms with E-state index in [1.807, 2.05) is 0 Å². The SMILES string of the molecule is O=S(=O)(c1ccc(F)cc1)N1CCC[C@H]1CN1CCCC1. The van der Waals surface area contributed by atoms with Crippen molar-refractivity contribution in [1.29, 1.82) is 0 Å². The lowest BCUT2D eigenvalue weighted by molar-refractivity contribution is 0.257. The number of benzene rings is 1. The molecule has 0 amide bonds. The van der Waals surface area contributed by atoms with Gasteiger partial charge < -0.3 is 4.90 Å². The minimum absolute atomic E-state index is 0.0538. The quantitative estimate of drug-likeness (QED) is 0.854. The molecule has 2 aliphatic rings. The first-order valence-electron chi connectivity index (χ1n) is 7.57. The molecule has 0 bridgehead atoms. The summed E-state index contributed by atoms with van der Waals surface area (Å²) >= 11 is 0. The number of likely N-dealkylation sites (tertiary alicyclic amines) is 1. The first-order chi connectivity index (χ1) is 10.1. The van der Waals surface area contributed by atoms with E-state index in [1.165, 1.54) is 37.1 Å². The van der Waals surface area contributed by atoms with Gasteiger partial charge in [0.1, 0.15) is 5.82 Å². The lowest BCUT2D eigenvalue weighted by Crippen LogP contribution is -2.42. The zero-order valence-corrected chi connectivity index (χ0v) is 12.9. The fourth-order valence-corrected chi connectivity index (χ4v) is 5.00. The van der Waals surface area contributed by atoms with Gasteiger partial charge in [-0.3, -0.25) is 0 Å². The molecule has 1 aromatic rings. The molecule has 3 rings (SSSR count). The zero-order valence-electron chi connectivity index (χ0n) is 12.0. The van der Waals surface area contributed by atoms with Crippen molar-refractivity contribution >= 4 is 10.0 Å². The highest BCUT2D eigenvalue weighted by Crippen LogP contribution is 2.27. The molecule has 4 nitrogen and oxygen atoms in total. The Kier molecular flexibility index (Phi) is 4.28. The van der Waals surface area contributed by atoms with Gasteiger partial charge in [-0.2, -0.15) is 4.31 Å². The van der Waals surface area contributed by atoms with Crippen LogP contribution in [-0.2, 0) is 10.0 Å². The summed E-state index contributed by atoms with van der Waals surface area (Å²) in [5, 5.41) is 0. The summed E-state index contributed by atoms with van der Waals surface area (Å²) in [5.74, 6) is -0.413. The Bertz CT molecular complexity index is 582. The minimum atomic E-state index is -3.51. The molecule has 0 unspecified atom stereocenters. The zero-order chi connectivity index (χ0) is 14.9. The summed E-state index contributed by atoms with van der Waals surface area (Å²) in [4.78, 5) is 2.54. The van der Waals surface area contributed by atoms with Crippen LogP contribution >= 0.6 is 0 Å². The number of hydrogen-bond donors (Lipinski definition) is 0. The second-order valence-electron chi connectivity index (χ2n) is 5.87. The molecule has 2 fully saturated rings. The van der Waals surface area contributed by atoms with Gasteiger partial charge in [-0.15, -0.1) is 0 Å². The first-order valence-corrected chi connectivity index (χ1v) is 9.01. The summed E-state index contributed by atoms with van der Waals surface area (Å²) in [5.41, 5.74) is 0. The summed E-state index contributed by atoms with van der Waals surface area (Å²) in [6, 6.07) is 5.18. The highest BCUT2D eigenvalue weighted by atomic mass is 32.2. The third kappa shape index (κ3) is 3.12. The third-order valence-corrected chi connectivity index (χ3v) is 6.38. The van der Waals surface area contributed by atoms with Crippen molar-refractivity contribution in [1.82, 2.24) is 9.21 Å². The number of nitrogens with zero attached hydrogens (tertiary/aromatic N) is 2. The second-order valence-corrected chi connectivity index (χ2v) is 7.76. The summed E-state index contributed by atoms with van der Waals surface area (Å²) in [7, 11) is -3.51. The Morgan fingerprint density at radius 3 is 2.38 bits per heavy atom. The summed E-state index contributed by atoms with van der Waals surface area (Å²) < 4.78 is 40.0. The average molecular weight is 312 g/mol. The van der Waals surface area contributed by atoms with E-state index in [4.69, 9.17) is 0 Å². The fourth-order valence-electron chi connectivity index (χ4n) is 3.31. The van der Waals surface area contributed by atoms with Gasteiger partial charge in [-0.05, 0) is 63.0 Å². The van der Waals surface area contributed by atoms with E-state index in [-0.39, 0.29) is 10.9 Å². The minimum Gasteiger partial charge on any atom is -0.302 e. The van der Waals surface area contributed by atoms with Crippen LogP contribution in [-0.4, -0.2) is 49.8 Å². The van der Waals surface area contributed by atoms with Crippen LogP contribution in [0.2, 0.25) is 0 Å². The van der Waals surface area contributed by atoms with E-state index < -0.39 is 15.8 Å². The first kappa shape index (κ1) is 14.9. The maximum Gasteiger partial charge on any atom is 0.243 e. The largest absolute Gasteiger partial charge is 0.302 e. The molecule has 116 valence electrons. The Morgan fingerprint density at radius 1 is 1.05 bits per heavy atom. The lowest BCUT2D eigenvalue weighted by Gasteiger charge is -2.27. The van der Waals surface area contributed by atoms with Crippen LogP contribution in [0.3, 0.4) is 0 Å². The molecule has 2 heterocycles. The standard InChI is InChI=1S/C15H21FN2O2S/c16-13-5-7-15(8-6-13)21(19,20)18-11-3-4-14(18)12-17-9-1-2-10-17/h5-8,14H,1-4,9-12H2/t14-/m0/s1. The van der Waals surface area contributed by atoms with Crippen LogP contribution < -0.4 is 0 Å². The van der Waals surface area contributed by atoms with E-state index in [0.717, 1.165) is 32.5 Å². The van der Waals surface area contributed by atoms with Gasteiger partial charge in [-0.25, -0.2) is 12.8 Å². The van der Waals surface area contributed by atoms with Crippen molar-refractivity contribution in [3.63, 3.8) is 0 Å². The highest BCUT2D eigenvalue weighted by Gasteiger charge is 2.36. The van der Waals surface area contributed by atoms with Crippen molar-refractivity contribution in [2.24, 2.45) is 0 Å². The Hall–Kier alpha value is -0.980. The average Bonchev–Trinajstić information content (AvgIpc) is 3.11. The maximum atomic E-state index is 13.0. The number of halogens is 1. The van der Waals surface area contributed by atoms with Crippen LogP contribution in [0.25, 0.3) is 0 Å². The summed E-state index contributed by atoms with van der Waals surface area (Å²) in [6.07, 6.45) is 4.23. The molecule has 0 saturated carbocycles. The van der Waals surface area contributed by atoms with E-state index >= 15 is 0 Å². The number of rotatable bonds is 4. The van der Waals surface area contributed by atoms with Crippen LogP contribution in [0.1, 0.15) is 25.7 Å². The smallest absolute Gasteiger partial charge is 0.243 e. The van der Waals surface area contributed by atoms with E-state index in [0.29, 0.717) is 6.54 Å². The number of sulfonamides is 1. The van der Waals surface area contributed by atoms with Gasteiger partial charge in [0.05, 0.1) is 4.90 Å². The summed E-state index contributed by atoms with van der Waals surface area (Å²) in [6.45, 7) is 3.53. The molecule has 1 aromatic carbocycles. The molecule has 0 aromatic heterocycles. The monoisotopic (exact) mass is 312 g/mol. The van der Waals surface area contributed by atoms with Crippen molar-refractivity contribution in [2.45, 2.75) is 36.6 Å². The Labute approximate surface area is 125 Å². The molecule has 0 N–H and O–H groups in total. The predicted octanol–water partition coefficient (Wildman–Crippen LogP) is 2.07. The van der Waals surface area contributed by atoms with E-state index in [2.05, 4.69) is 4.90 Å². The van der Waals surface area contributed by atoms with Crippen molar-refractivity contribution < 1.29 is 12.8 Å². The Morgan fingerprint density at radius 2 is 1.71 bits per heavy atom. The second kappa shape index (κ2) is 6.02. The highest BCUT2D eigenvalue weighted by molar-refractivity contribution is 7.89. The molecule has 0 aliphatic carbocycles. The number of hydrogen-bond acceptors (Lipinski definition) is 3. The van der Waals surface area contributed by atoms with Crippen LogP contribution in [0, 0.1) is 5.82 Å². The van der Waals surface area contributed by atoms with Crippen molar-refractivity contribution in [3.05, 3.63) is 30.1 Å². The van der Waals surface area contributed by atoms with E-state index in [1.54, 1.807) is 4.31 Å². The lowest BCUT2D eigenvalue weighted by atomic mass is 10.2. The van der Waals surface area contributed by atoms with Gasteiger partial charge in [0.15, 0.2) is 0 Å². The predicted molar refractivity (Wildman–Crippen MR) is 79.0 cm³/mol. The topological polar surface area (TPSA) is 40.6 Å². The van der Waals surface area contributed by atoms with Gasteiger partial charge in [0.25, 0.3) is 0 Å². The molecular weight excluding hydrogens is 291 g/mol. The van der Waals surface area contributed by atoms with Crippen molar-refractivity contribution in [3.8, 4) is 0 Å². The molecule has 0 spiro atoms. The van der Waals surface area contributed by atoms with Crippen molar-refractivity contribution in [2.75, 3.05) is 26.2 Å². The normalized spacial score (nSPS) is 24.7. The van der Waals surface area contributed by atoms with Gasteiger partial charge in [0.2, 0.25) is 10.0 Å². The molecule has 21 heavy (non-hydrogen) atoms. The fraction of sp³-hybridized carbons (Fsp3) is 0.600. The van der Waals surface area contributed by atoms with Gasteiger partial charge in [0, 0.05) is 19.1 Å². The van der Waals surface area contributed by atoms with Crippen LogP contribution in [0.5, 0.6) is 0 Å².